The number of carbonyl (C=O) groups excluding carboxylic acids is 1. The maximum atomic E-state index is 12.8. The molecule has 0 unspecified atom stereocenters. The van der Waals surface area contributed by atoms with Gasteiger partial charge in [0.2, 0.25) is 5.91 Å². The van der Waals surface area contributed by atoms with E-state index in [0.717, 1.165) is 65.1 Å². The standard InChI is InChI=1S/C27H36Cl2N4O/c1-31-13-15-33(16-14-31)20-26(34)30-21-27(18-23-7-8-24(28)25(29)17-23)9-11-32(12-10-27)19-22-5-3-2-4-6-22/h2-8,17H,9-16,18-21H2,1H3,(H,30,34). The molecule has 5 nitrogen and oxygen atoms in total. The van der Waals surface area contributed by atoms with E-state index in [1.165, 1.54) is 11.1 Å². The third kappa shape index (κ3) is 7.19. The van der Waals surface area contributed by atoms with E-state index in [-0.39, 0.29) is 11.3 Å². The lowest BCUT2D eigenvalue weighted by Crippen LogP contribution is -2.51. The predicted octanol–water partition coefficient (Wildman–Crippen LogP) is 4.18. The third-order valence-electron chi connectivity index (χ3n) is 7.35. The number of carbonyl (C=O) groups is 1. The summed E-state index contributed by atoms with van der Waals surface area (Å²) in [4.78, 5) is 19.9. The zero-order valence-electron chi connectivity index (χ0n) is 20.1. The molecule has 7 heteroatoms. The average Bonchev–Trinajstić information content (AvgIpc) is 2.84. The molecule has 0 atom stereocenters. The molecule has 1 amide bonds. The Hall–Kier alpha value is -1.63. The highest BCUT2D eigenvalue weighted by atomic mass is 35.5. The molecular formula is C27H36Cl2N4O. The minimum absolute atomic E-state index is 0.0160. The number of benzene rings is 2. The topological polar surface area (TPSA) is 38.8 Å². The fourth-order valence-electron chi connectivity index (χ4n) is 5.08. The van der Waals surface area contributed by atoms with E-state index in [9.17, 15) is 4.79 Å². The van der Waals surface area contributed by atoms with Gasteiger partial charge in [0.25, 0.3) is 0 Å². The first-order valence-corrected chi connectivity index (χ1v) is 13.0. The van der Waals surface area contributed by atoms with Crippen LogP contribution in [0.1, 0.15) is 24.0 Å². The van der Waals surface area contributed by atoms with E-state index < -0.39 is 0 Å². The summed E-state index contributed by atoms with van der Waals surface area (Å²) in [6.07, 6.45) is 2.96. The second kappa shape index (κ2) is 11.9. The van der Waals surface area contributed by atoms with Crippen LogP contribution in [0.4, 0.5) is 0 Å². The summed E-state index contributed by atoms with van der Waals surface area (Å²) in [6, 6.07) is 16.6. The Bertz CT molecular complexity index is 939. The van der Waals surface area contributed by atoms with Crippen molar-refractivity contribution in [3.05, 3.63) is 69.7 Å². The van der Waals surface area contributed by atoms with E-state index in [2.05, 4.69) is 63.5 Å². The molecule has 2 fully saturated rings. The van der Waals surface area contributed by atoms with Crippen LogP contribution in [-0.2, 0) is 17.8 Å². The minimum atomic E-state index is 0.0160. The molecule has 0 bridgehead atoms. The van der Waals surface area contributed by atoms with Crippen LogP contribution >= 0.6 is 23.2 Å². The van der Waals surface area contributed by atoms with Crippen LogP contribution in [0.5, 0.6) is 0 Å². The van der Waals surface area contributed by atoms with Gasteiger partial charge in [0.15, 0.2) is 0 Å². The molecule has 184 valence electrons. The van der Waals surface area contributed by atoms with Crippen LogP contribution < -0.4 is 5.32 Å². The van der Waals surface area contributed by atoms with E-state index >= 15 is 0 Å². The molecule has 2 aromatic carbocycles. The molecule has 2 aliphatic rings. The molecule has 34 heavy (non-hydrogen) atoms. The fraction of sp³-hybridized carbons (Fsp3) is 0.519. The van der Waals surface area contributed by atoms with Crippen LogP contribution in [0.2, 0.25) is 10.0 Å². The van der Waals surface area contributed by atoms with Gasteiger partial charge in [0.1, 0.15) is 0 Å². The van der Waals surface area contributed by atoms with E-state index in [1.807, 2.05) is 12.1 Å². The normalized spacial score (nSPS) is 19.7. The number of hydrogen-bond acceptors (Lipinski definition) is 4. The van der Waals surface area contributed by atoms with Gasteiger partial charge in [-0.25, -0.2) is 0 Å². The maximum Gasteiger partial charge on any atom is 0.234 e. The molecule has 1 N–H and O–H groups in total. The molecule has 2 heterocycles. The first-order chi connectivity index (χ1) is 16.4. The quantitative estimate of drug-likeness (QED) is 0.587. The molecular weight excluding hydrogens is 467 g/mol. The van der Waals surface area contributed by atoms with Gasteiger partial charge in [-0.05, 0) is 68.1 Å². The number of rotatable bonds is 8. The highest BCUT2D eigenvalue weighted by Gasteiger charge is 2.35. The van der Waals surface area contributed by atoms with Crippen molar-refractivity contribution in [3.8, 4) is 0 Å². The summed E-state index contributed by atoms with van der Waals surface area (Å²) >= 11 is 12.5. The second-order valence-electron chi connectivity index (χ2n) is 10.0. The number of halogens is 2. The molecule has 0 aromatic heterocycles. The summed E-state index contributed by atoms with van der Waals surface area (Å²) in [5, 5.41) is 4.46. The molecule has 2 aliphatic heterocycles. The summed E-state index contributed by atoms with van der Waals surface area (Å²) in [6.45, 7) is 8.13. The summed E-state index contributed by atoms with van der Waals surface area (Å²) < 4.78 is 0. The van der Waals surface area contributed by atoms with Crippen molar-refractivity contribution in [2.45, 2.75) is 25.8 Å². The monoisotopic (exact) mass is 502 g/mol. The Morgan fingerprint density at radius 1 is 0.882 bits per heavy atom. The van der Waals surface area contributed by atoms with Crippen LogP contribution in [-0.4, -0.2) is 80.0 Å². The Morgan fingerprint density at radius 3 is 2.26 bits per heavy atom. The van der Waals surface area contributed by atoms with Crippen molar-refractivity contribution in [2.75, 3.05) is 59.4 Å². The van der Waals surface area contributed by atoms with Gasteiger partial charge in [-0.2, -0.15) is 0 Å². The van der Waals surface area contributed by atoms with Crippen molar-refractivity contribution in [3.63, 3.8) is 0 Å². The van der Waals surface area contributed by atoms with Crippen molar-refractivity contribution >= 4 is 29.1 Å². The largest absolute Gasteiger partial charge is 0.354 e. The van der Waals surface area contributed by atoms with Crippen LogP contribution in [0.3, 0.4) is 0 Å². The molecule has 0 aliphatic carbocycles. The predicted molar refractivity (Wildman–Crippen MR) is 140 cm³/mol. The smallest absolute Gasteiger partial charge is 0.234 e. The van der Waals surface area contributed by atoms with Crippen LogP contribution in [0.15, 0.2) is 48.5 Å². The highest BCUT2D eigenvalue weighted by molar-refractivity contribution is 6.42. The van der Waals surface area contributed by atoms with Gasteiger partial charge < -0.3 is 10.2 Å². The number of piperidine rings is 1. The fourth-order valence-corrected chi connectivity index (χ4v) is 5.40. The Labute approximate surface area is 214 Å². The lowest BCUT2D eigenvalue weighted by molar-refractivity contribution is -0.123. The van der Waals surface area contributed by atoms with Gasteiger partial charge in [0.05, 0.1) is 16.6 Å². The van der Waals surface area contributed by atoms with E-state index in [4.69, 9.17) is 23.2 Å². The van der Waals surface area contributed by atoms with E-state index in [1.54, 1.807) is 0 Å². The number of nitrogens with zero attached hydrogens (tertiary/aromatic N) is 3. The number of amides is 1. The molecule has 0 radical (unpaired) electrons. The summed E-state index contributed by atoms with van der Waals surface area (Å²) in [5.41, 5.74) is 2.54. The van der Waals surface area contributed by atoms with Crippen molar-refractivity contribution in [1.29, 1.82) is 0 Å². The summed E-state index contributed by atoms with van der Waals surface area (Å²) in [7, 11) is 2.13. The number of nitrogens with one attached hydrogen (secondary N) is 1. The number of likely N-dealkylation sites (tertiary alicyclic amines) is 1. The van der Waals surface area contributed by atoms with Crippen LogP contribution in [0.25, 0.3) is 0 Å². The van der Waals surface area contributed by atoms with Gasteiger partial charge in [-0.1, -0.05) is 59.6 Å². The van der Waals surface area contributed by atoms with Gasteiger partial charge in [-0.3, -0.25) is 14.6 Å². The Balaban J connectivity index is 1.38. The molecule has 4 rings (SSSR count). The van der Waals surface area contributed by atoms with E-state index in [0.29, 0.717) is 23.1 Å². The molecule has 0 spiro atoms. The zero-order chi connectivity index (χ0) is 24.0. The number of hydrogen-bond donors (Lipinski definition) is 1. The molecule has 0 saturated carbocycles. The lowest BCUT2D eigenvalue weighted by Gasteiger charge is -2.42. The first kappa shape index (κ1) is 25.5. The van der Waals surface area contributed by atoms with Crippen molar-refractivity contribution < 1.29 is 4.79 Å². The highest BCUT2D eigenvalue weighted by Crippen LogP contribution is 2.36. The molecule has 2 saturated heterocycles. The van der Waals surface area contributed by atoms with Crippen LogP contribution in [0, 0.1) is 5.41 Å². The SMILES string of the molecule is CN1CCN(CC(=O)NCC2(Cc3ccc(Cl)c(Cl)c3)CCN(Cc3ccccc3)CC2)CC1. The van der Waals surface area contributed by atoms with Gasteiger partial charge in [-0.15, -0.1) is 0 Å². The zero-order valence-corrected chi connectivity index (χ0v) is 21.6. The maximum absolute atomic E-state index is 12.8. The number of likely N-dealkylation sites (N-methyl/N-ethyl adjacent to an activating group) is 1. The average molecular weight is 504 g/mol. The van der Waals surface area contributed by atoms with Gasteiger partial charge in [0, 0.05) is 39.3 Å². The molecule has 2 aromatic rings. The Morgan fingerprint density at radius 2 is 1.59 bits per heavy atom. The first-order valence-electron chi connectivity index (χ1n) is 12.3. The van der Waals surface area contributed by atoms with Crippen molar-refractivity contribution in [1.82, 2.24) is 20.0 Å². The Kier molecular flexibility index (Phi) is 8.89. The number of piperazine rings is 1. The third-order valence-corrected chi connectivity index (χ3v) is 8.09. The van der Waals surface area contributed by atoms with Gasteiger partial charge >= 0.3 is 0 Å². The second-order valence-corrected chi connectivity index (χ2v) is 10.9. The minimum Gasteiger partial charge on any atom is -0.354 e. The van der Waals surface area contributed by atoms with Crippen molar-refractivity contribution in [2.24, 2.45) is 5.41 Å². The summed E-state index contributed by atoms with van der Waals surface area (Å²) in [5.74, 6) is 0.129. The lowest BCUT2D eigenvalue weighted by atomic mass is 9.73.